The highest BCUT2D eigenvalue weighted by molar-refractivity contribution is 5.88. The Labute approximate surface area is 214 Å². The lowest BCUT2D eigenvalue weighted by molar-refractivity contribution is -0.0663. The summed E-state index contributed by atoms with van der Waals surface area (Å²) in [4.78, 5) is 16.1. The largest absolute Gasteiger partial charge is 0.478 e. The predicted octanol–water partition coefficient (Wildman–Crippen LogP) is 5.75. The normalized spacial score (nSPS) is 17.8. The van der Waals surface area contributed by atoms with Gasteiger partial charge in [0.1, 0.15) is 0 Å². The lowest BCUT2D eigenvalue weighted by atomic mass is 9.82. The van der Waals surface area contributed by atoms with Crippen molar-refractivity contribution in [3.8, 4) is 11.1 Å². The number of hydrogen-bond acceptors (Lipinski definition) is 4. The number of benzene rings is 3. The molecule has 5 nitrogen and oxygen atoms in total. The number of hydrogen-bond donors (Lipinski definition) is 1. The standard InChI is InChI=1S/C31H36N2O3/c34-30(35)26-12-14-28(15-13-26)33-20-16-31(17-21-33,36-23-22-32-18-6-7-19-32)24-27-10-4-5-11-29(27)25-8-2-1-3-9-25/h1-5,8-15H,6-7,16-24H2,(H,34,35). The Hall–Kier alpha value is -3.15. The summed E-state index contributed by atoms with van der Waals surface area (Å²) in [6.07, 6.45) is 5.37. The summed E-state index contributed by atoms with van der Waals surface area (Å²) in [5.74, 6) is -0.886. The topological polar surface area (TPSA) is 53.0 Å². The molecular formula is C31H36N2O3. The van der Waals surface area contributed by atoms with E-state index in [-0.39, 0.29) is 5.60 Å². The number of carboxylic acid groups (broad SMARTS) is 1. The van der Waals surface area contributed by atoms with Crippen molar-refractivity contribution >= 4 is 11.7 Å². The average molecular weight is 485 g/mol. The second kappa shape index (κ2) is 11.3. The molecule has 0 unspecified atom stereocenters. The van der Waals surface area contributed by atoms with Gasteiger partial charge in [-0.15, -0.1) is 0 Å². The van der Waals surface area contributed by atoms with Crippen molar-refractivity contribution in [2.24, 2.45) is 0 Å². The molecule has 0 aromatic heterocycles. The molecule has 5 heteroatoms. The van der Waals surface area contributed by atoms with Gasteiger partial charge >= 0.3 is 5.97 Å². The number of aromatic carboxylic acids is 1. The van der Waals surface area contributed by atoms with E-state index < -0.39 is 5.97 Å². The first-order valence-electron chi connectivity index (χ1n) is 13.2. The van der Waals surface area contributed by atoms with Crippen LogP contribution < -0.4 is 4.90 Å². The van der Waals surface area contributed by atoms with Gasteiger partial charge in [0.05, 0.1) is 17.8 Å². The van der Waals surface area contributed by atoms with Crippen LogP contribution in [0.1, 0.15) is 41.6 Å². The maximum atomic E-state index is 11.2. The lowest BCUT2D eigenvalue weighted by Gasteiger charge is -2.43. The molecule has 3 aromatic rings. The van der Waals surface area contributed by atoms with Gasteiger partial charge in [-0.05, 0) is 79.7 Å². The summed E-state index contributed by atoms with van der Waals surface area (Å²) >= 11 is 0. The highest BCUT2D eigenvalue weighted by atomic mass is 16.5. The van der Waals surface area contributed by atoms with E-state index in [1.54, 1.807) is 12.1 Å². The molecule has 0 amide bonds. The molecule has 1 N–H and O–H groups in total. The Bertz CT molecular complexity index is 1130. The number of ether oxygens (including phenoxy) is 1. The summed E-state index contributed by atoms with van der Waals surface area (Å²) < 4.78 is 6.82. The van der Waals surface area contributed by atoms with E-state index in [1.165, 1.54) is 42.6 Å². The molecule has 2 aliphatic heterocycles. The number of likely N-dealkylation sites (tertiary alicyclic amines) is 1. The van der Waals surface area contributed by atoms with Crippen LogP contribution in [0.15, 0.2) is 78.9 Å². The summed E-state index contributed by atoms with van der Waals surface area (Å²) in [5, 5.41) is 9.23. The van der Waals surface area contributed by atoms with Crippen molar-refractivity contribution in [1.82, 2.24) is 4.90 Å². The average Bonchev–Trinajstić information content (AvgIpc) is 3.44. The molecule has 0 bridgehead atoms. The maximum absolute atomic E-state index is 11.2. The number of rotatable bonds is 9. The van der Waals surface area contributed by atoms with Crippen LogP contribution >= 0.6 is 0 Å². The maximum Gasteiger partial charge on any atom is 0.335 e. The number of carbonyl (C=O) groups is 1. The Balaban J connectivity index is 1.33. The van der Waals surface area contributed by atoms with Crippen molar-refractivity contribution in [2.75, 3.05) is 44.2 Å². The van der Waals surface area contributed by atoms with Gasteiger partial charge in [-0.25, -0.2) is 4.79 Å². The van der Waals surface area contributed by atoms with E-state index in [2.05, 4.69) is 64.4 Å². The second-order valence-corrected chi connectivity index (χ2v) is 10.1. The predicted molar refractivity (Wildman–Crippen MR) is 145 cm³/mol. The van der Waals surface area contributed by atoms with Crippen molar-refractivity contribution in [1.29, 1.82) is 0 Å². The van der Waals surface area contributed by atoms with Gasteiger partial charge in [0.25, 0.3) is 0 Å². The molecule has 5 rings (SSSR count). The molecule has 2 saturated heterocycles. The minimum absolute atomic E-state index is 0.206. The van der Waals surface area contributed by atoms with Gasteiger partial charge in [0, 0.05) is 31.7 Å². The summed E-state index contributed by atoms with van der Waals surface area (Å²) in [6, 6.07) is 26.6. The Kier molecular flexibility index (Phi) is 7.69. The fourth-order valence-electron chi connectivity index (χ4n) is 5.68. The van der Waals surface area contributed by atoms with Crippen LogP contribution in [0.4, 0.5) is 5.69 Å². The fraction of sp³-hybridized carbons (Fsp3) is 0.387. The van der Waals surface area contributed by atoms with Gasteiger partial charge in [-0.3, -0.25) is 0 Å². The molecule has 2 fully saturated rings. The molecule has 36 heavy (non-hydrogen) atoms. The van der Waals surface area contributed by atoms with E-state index in [1.807, 2.05) is 12.1 Å². The van der Waals surface area contributed by atoms with Gasteiger partial charge in [-0.1, -0.05) is 54.6 Å². The molecule has 0 aliphatic carbocycles. The van der Waals surface area contributed by atoms with Crippen LogP contribution in [-0.2, 0) is 11.2 Å². The molecule has 188 valence electrons. The molecule has 3 aromatic carbocycles. The molecule has 0 radical (unpaired) electrons. The number of piperidine rings is 1. The Morgan fingerprint density at radius 1 is 0.833 bits per heavy atom. The molecule has 0 atom stereocenters. The molecule has 0 spiro atoms. The molecule has 2 heterocycles. The van der Waals surface area contributed by atoms with Gasteiger partial charge in [-0.2, -0.15) is 0 Å². The highest BCUT2D eigenvalue weighted by Crippen LogP contribution is 2.35. The smallest absolute Gasteiger partial charge is 0.335 e. The minimum atomic E-state index is -0.886. The van der Waals surface area contributed by atoms with Crippen LogP contribution in [0.5, 0.6) is 0 Å². The second-order valence-electron chi connectivity index (χ2n) is 10.1. The van der Waals surface area contributed by atoms with E-state index >= 15 is 0 Å². The van der Waals surface area contributed by atoms with Crippen LogP contribution in [0.3, 0.4) is 0 Å². The third-order valence-corrected chi connectivity index (χ3v) is 7.78. The number of carboxylic acids is 1. The molecule has 2 aliphatic rings. The summed E-state index contributed by atoms with van der Waals surface area (Å²) in [5.41, 5.74) is 5.07. The zero-order chi connectivity index (χ0) is 24.8. The van der Waals surface area contributed by atoms with E-state index in [0.29, 0.717) is 5.56 Å². The lowest BCUT2D eigenvalue weighted by Crippen LogP contribution is -2.48. The monoisotopic (exact) mass is 484 g/mol. The third-order valence-electron chi connectivity index (χ3n) is 7.78. The summed E-state index contributed by atoms with van der Waals surface area (Å²) in [7, 11) is 0. The minimum Gasteiger partial charge on any atom is -0.478 e. The SMILES string of the molecule is O=C(O)c1ccc(N2CCC(Cc3ccccc3-c3ccccc3)(OCCN3CCCC3)CC2)cc1. The van der Waals surface area contributed by atoms with Gasteiger partial charge in [0.15, 0.2) is 0 Å². The van der Waals surface area contributed by atoms with Crippen molar-refractivity contribution in [2.45, 2.75) is 37.7 Å². The Morgan fingerprint density at radius 2 is 1.50 bits per heavy atom. The highest BCUT2D eigenvalue weighted by Gasteiger charge is 2.36. The van der Waals surface area contributed by atoms with Gasteiger partial charge < -0.3 is 19.6 Å². The van der Waals surface area contributed by atoms with E-state index in [9.17, 15) is 9.90 Å². The molecular weight excluding hydrogens is 448 g/mol. The van der Waals surface area contributed by atoms with Crippen LogP contribution in [0, 0.1) is 0 Å². The Morgan fingerprint density at radius 3 is 2.19 bits per heavy atom. The zero-order valence-electron chi connectivity index (χ0n) is 20.9. The zero-order valence-corrected chi connectivity index (χ0v) is 20.9. The summed E-state index contributed by atoms with van der Waals surface area (Å²) in [6.45, 7) is 5.93. The fourth-order valence-corrected chi connectivity index (χ4v) is 5.68. The first-order valence-corrected chi connectivity index (χ1v) is 13.2. The number of anilines is 1. The van der Waals surface area contributed by atoms with Gasteiger partial charge in [0.2, 0.25) is 0 Å². The van der Waals surface area contributed by atoms with E-state index in [0.717, 1.165) is 51.2 Å². The number of nitrogens with zero attached hydrogens (tertiary/aromatic N) is 2. The first-order chi connectivity index (χ1) is 17.6. The van der Waals surface area contributed by atoms with Crippen molar-refractivity contribution in [3.63, 3.8) is 0 Å². The van der Waals surface area contributed by atoms with Crippen molar-refractivity contribution in [3.05, 3.63) is 90.0 Å². The van der Waals surface area contributed by atoms with Crippen LogP contribution in [0.2, 0.25) is 0 Å². The van der Waals surface area contributed by atoms with Crippen LogP contribution in [0.25, 0.3) is 11.1 Å². The first kappa shape index (κ1) is 24.5. The van der Waals surface area contributed by atoms with E-state index in [4.69, 9.17) is 4.74 Å². The third kappa shape index (κ3) is 5.80. The quantitative estimate of drug-likeness (QED) is 0.419. The molecule has 0 saturated carbocycles. The van der Waals surface area contributed by atoms with Crippen molar-refractivity contribution < 1.29 is 14.6 Å². The van der Waals surface area contributed by atoms with Crippen LogP contribution in [-0.4, -0.2) is 60.9 Å².